The van der Waals surface area contributed by atoms with Crippen LogP contribution < -0.4 is 5.32 Å². The number of amides is 1. The van der Waals surface area contributed by atoms with Gasteiger partial charge in [0.25, 0.3) is 5.91 Å². The maximum absolute atomic E-state index is 13.7. The maximum Gasteiger partial charge on any atom is 0.340 e. The van der Waals surface area contributed by atoms with Gasteiger partial charge in [-0.25, -0.2) is 9.18 Å². The fourth-order valence-electron chi connectivity index (χ4n) is 2.02. The number of ether oxygens (including phenoxy) is 1. The van der Waals surface area contributed by atoms with E-state index in [-0.39, 0.29) is 16.8 Å². The van der Waals surface area contributed by atoms with Gasteiger partial charge in [0.1, 0.15) is 5.82 Å². The lowest BCUT2D eigenvalue weighted by Crippen LogP contribution is -2.17. The van der Waals surface area contributed by atoms with Crippen LogP contribution in [-0.2, 0) is 4.74 Å². The van der Waals surface area contributed by atoms with Gasteiger partial charge in [-0.15, -0.1) is 0 Å². The predicted molar refractivity (Wildman–Crippen MR) is 91.0 cm³/mol. The highest BCUT2D eigenvalue weighted by Gasteiger charge is 2.17. The number of unbranched alkanes of at least 4 members (excludes halogenated alkanes) is 1. The number of benzene rings is 2. The molecule has 126 valence electrons. The lowest BCUT2D eigenvalue weighted by molar-refractivity contribution is 0.0501. The highest BCUT2D eigenvalue weighted by molar-refractivity contribution is 6.31. The summed E-state index contributed by atoms with van der Waals surface area (Å²) in [6.45, 7) is 2.27. The van der Waals surface area contributed by atoms with Gasteiger partial charge in [-0.1, -0.05) is 37.1 Å². The lowest BCUT2D eigenvalue weighted by Gasteiger charge is -2.12. The van der Waals surface area contributed by atoms with Crippen LogP contribution in [0.3, 0.4) is 0 Å². The van der Waals surface area contributed by atoms with Gasteiger partial charge in [0, 0.05) is 5.02 Å². The molecule has 0 saturated heterocycles. The second-order valence-corrected chi connectivity index (χ2v) is 5.55. The number of nitrogens with one attached hydrogen (secondary N) is 1. The van der Waals surface area contributed by atoms with Crippen LogP contribution in [0.15, 0.2) is 42.5 Å². The first-order valence-corrected chi connectivity index (χ1v) is 7.93. The normalized spacial score (nSPS) is 10.3. The molecule has 0 radical (unpaired) electrons. The zero-order valence-electron chi connectivity index (χ0n) is 13.1. The molecule has 2 rings (SSSR count). The fraction of sp³-hybridized carbons (Fsp3) is 0.222. The molecule has 0 aromatic heterocycles. The maximum atomic E-state index is 13.7. The van der Waals surface area contributed by atoms with Gasteiger partial charge in [-0.05, 0) is 36.8 Å². The van der Waals surface area contributed by atoms with Crippen molar-refractivity contribution in [2.75, 3.05) is 11.9 Å². The molecular weight excluding hydrogens is 333 g/mol. The second-order valence-electron chi connectivity index (χ2n) is 5.11. The molecule has 0 bridgehead atoms. The van der Waals surface area contributed by atoms with Crippen LogP contribution in [0.4, 0.5) is 10.1 Å². The number of rotatable bonds is 6. The average Bonchev–Trinajstić information content (AvgIpc) is 2.55. The summed E-state index contributed by atoms with van der Waals surface area (Å²) in [4.78, 5) is 24.4. The van der Waals surface area contributed by atoms with E-state index in [1.807, 2.05) is 6.92 Å². The monoisotopic (exact) mass is 349 g/mol. The summed E-state index contributed by atoms with van der Waals surface area (Å²) in [7, 11) is 0. The van der Waals surface area contributed by atoms with Gasteiger partial charge in [0.2, 0.25) is 0 Å². The van der Waals surface area contributed by atoms with E-state index < -0.39 is 17.7 Å². The van der Waals surface area contributed by atoms with Gasteiger partial charge >= 0.3 is 5.97 Å². The number of hydrogen-bond donors (Lipinski definition) is 1. The van der Waals surface area contributed by atoms with E-state index in [1.165, 1.54) is 36.4 Å². The largest absolute Gasteiger partial charge is 0.462 e. The van der Waals surface area contributed by atoms with Crippen molar-refractivity contribution in [2.24, 2.45) is 0 Å². The molecule has 0 aliphatic heterocycles. The summed E-state index contributed by atoms with van der Waals surface area (Å²) in [5.41, 5.74) is 0.222. The molecule has 1 N–H and O–H groups in total. The first kappa shape index (κ1) is 17.9. The van der Waals surface area contributed by atoms with E-state index in [2.05, 4.69) is 5.32 Å². The number of carbonyl (C=O) groups is 2. The van der Waals surface area contributed by atoms with E-state index in [0.717, 1.165) is 12.8 Å². The predicted octanol–water partition coefficient (Wildman–Crippen LogP) is 4.69. The molecule has 0 saturated carbocycles. The summed E-state index contributed by atoms with van der Waals surface area (Å²) < 4.78 is 18.9. The van der Waals surface area contributed by atoms with E-state index in [1.54, 1.807) is 6.07 Å². The van der Waals surface area contributed by atoms with Crippen molar-refractivity contribution in [3.8, 4) is 0 Å². The number of anilines is 1. The SMILES string of the molecule is CCCCOC(=O)c1ccc(Cl)cc1NC(=O)c1ccccc1F. The van der Waals surface area contributed by atoms with E-state index in [0.29, 0.717) is 11.6 Å². The van der Waals surface area contributed by atoms with Crippen molar-refractivity contribution in [1.29, 1.82) is 0 Å². The smallest absolute Gasteiger partial charge is 0.340 e. The van der Waals surface area contributed by atoms with Crippen LogP contribution in [0.25, 0.3) is 0 Å². The number of halogens is 2. The molecule has 2 aromatic carbocycles. The molecule has 0 unspecified atom stereocenters. The van der Waals surface area contributed by atoms with E-state index >= 15 is 0 Å². The molecule has 0 aliphatic carbocycles. The second kappa shape index (κ2) is 8.45. The van der Waals surface area contributed by atoms with Crippen LogP contribution in [0.1, 0.15) is 40.5 Å². The van der Waals surface area contributed by atoms with Crippen molar-refractivity contribution in [1.82, 2.24) is 0 Å². The van der Waals surface area contributed by atoms with Gasteiger partial charge < -0.3 is 10.1 Å². The van der Waals surface area contributed by atoms with Gasteiger partial charge in [0.15, 0.2) is 0 Å². The van der Waals surface area contributed by atoms with Crippen LogP contribution in [-0.4, -0.2) is 18.5 Å². The van der Waals surface area contributed by atoms with Crippen molar-refractivity contribution < 1.29 is 18.7 Å². The van der Waals surface area contributed by atoms with Gasteiger partial charge in [-0.2, -0.15) is 0 Å². The van der Waals surface area contributed by atoms with Crippen molar-refractivity contribution in [3.05, 3.63) is 64.4 Å². The first-order valence-electron chi connectivity index (χ1n) is 7.55. The molecule has 0 heterocycles. The topological polar surface area (TPSA) is 55.4 Å². The molecule has 6 heteroatoms. The third-order valence-electron chi connectivity index (χ3n) is 3.30. The lowest BCUT2D eigenvalue weighted by atomic mass is 10.1. The van der Waals surface area contributed by atoms with E-state index in [9.17, 15) is 14.0 Å². The Bertz CT molecular complexity index is 749. The summed E-state index contributed by atoms with van der Waals surface area (Å²) in [6, 6.07) is 10.0. The van der Waals surface area contributed by atoms with Gasteiger partial charge in [0.05, 0.1) is 23.4 Å². The molecule has 0 aliphatic rings. The Morgan fingerprint density at radius 1 is 1.17 bits per heavy atom. The Morgan fingerprint density at radius 3 is 2.62 bits per heavy atom. The molecule has 0 fully saturated rings. The van der Waals surface area contributed by atoms with E-state index in [4.69, 9.17) is 16.3 Å². The molecule has 0 atom stereocenters. The first-order chi connectivity index (χ1) is 11.5. The van der Waals surface area contributed by atoms with Crippen LogP contribution in [0, 0.1) is 5.82 Å². The Hall–Kier alpha value is -2.40. The molecular formula is C18H17ClFNO3. The minimum Gasteiger partial charge on any atom is -0.462 e. The highest BCUT2D eigenvalue weighted by atomic mass is 35.5. The summed E-state index contributed by atoms with van der Waals surface area (Å²) in [5.74, 6) is -1.88. The zero-order chi connectivity index (χ0) is 17.5. The Labute approximate surface area is 144 Å². The summed E-state index contributed by atoms with van der Waals surface area (Å²) >= 11 is 5.93. The number of hydrogen-bond acceptors (Lipinski definition) is 3. The molecule has 1 amide bonds. The zero-order valence-corrected chi connectivity index (χ0v) is 13.9. The summed E-state index contributed by atoms with van der Waals surface area (Å²) in [6.07, 6.45) is 1.64. The third kappa shape index (κ3) is 4.55. The molecule has 0 spiro atoms. The van der Waals surface area contributed by atoms with Crippen LogP contribution >= 0.6 is 11.6 Å². The van der Waals surface area contributed by atoms with Gasteiger partial charge in [-0.3, -0.25) is 4.79 Å². The van der Waals surface area contributed by atoms with Crippen LogP contribution in [0.2, 0.25) is 5.02 Å². The van der Waals surface area contributed by atoms with Crippen molar-refractivity contribution >= 4 is 29.2 Å². The quantitative estimate of drug-likeness (QED) is 0.608. The number of esters is 1. The molecule has 24 heavy (non-hydrogen) atoms. The molecule has 2 aromatic rings. The number of carbonyl (C=O) groups excluding carboxylic acids is 2. The average molecular weight is 350 g/mol. The standard InChI is InChI=1S/C18H17ClFNO3/c1-2-3-10-24-18(23)14-9-8-12(19)11-16(14)21-17(22)13-6-4-5-7-15(13)20/h4-9,11H,2-3,10H2,1H3,(H,21,22). The minimum atomic E-state index is -0.669. The van der Waals surface area contributed by atoms with Crippen LogP contribution in [0.5, 0.6) is 0 Å². The summed E-state index contributed by atoms with van der Waals surface area (Å²) in [5, 5.41) is 2.85. The minimum absolute atomic E-state index is 0.122. The fourth-order valence-corrected chi connectivity index (χ4v) is 2.19. The Kier molecular flexibility index (Phi) is 6.32. The van der Waals surface area contributed by atoms with Crippen molar-refractivity contribution in [2.45, 2.75) is 19.8 Å². The highest BCUT2D eigenvalue weighted by Crippen LogP contribution is 2.23. The molecule has 4 nitrogen and oxygen atoms in total. The van der Waals surface area contributed by atoms with Crippen molar-refractivity contribution in [3.63, 3.8) is 0 Å². The Morgan fingerprint density at radius 2 is 1.92 bits per heavy atom. The Balaban J connectivity index is 2.23. The third-order valence-corrected chi connectivity index (χ3v) is 3.53.